The van der Waals surface area contributed by atoms with E-state index in [4.69, 9.17) is 0 Å². The number of anilines is 3. The van der Waals surface area contributed by atoms with Crippen LogP contribution in [0, 0.1) is 6.92 Å². The van der Waals surface area contributed by atoms with Crippen LogP contribution >= 0.6 is 11.3 Å². The van der Waals surface area contributed by atoms with Crippen molar-refractivity contribution in [1.29, 1.82) is 0 Å². The maximum absolute atomic E-state index is 12.8. The van der Waals surface area contributed by atoms with Gasteiger partial charge in [0.2, 0.25) is 11.8 Å². The maximum atomic E-state index is 12.8. The molecule has 0 unspecified atom stereocenters. The highest BCUT2D eigenvalue weighted by Crippen LogP contribution is 2.34. The number of fused-ring (bicyclic) bond motifs is 1. The Morgan fingerprint density at radius 3 is 2.75 bits per heavy atom. The molecule has 6 nitrogen and oxygen atoms in total. The molecule has 2 N–H and O–H groups in total. The summed E-state index contributed by atoms with van der Waals surface area (Å²) < 4.78 is 0. The van der Waals surface area contributed by atoms with Gasteiger partial charge in [-0.05, 0) is 31.2 Å². The van der Waals surface area contributed by atoms with Gasteiger partial charge < -0.3 is 15.5 Å². The summed E-state index contributed by atoms with van der Waals surface area (Å²) >= 11 is 1.51. The molecule has 28 heavy (non-hydrogen) atoms. The summed E-state index contributed by atoms with van der Waals surface area (Å²) in [5.74, 6) is -0.389. The number of aryl methyl sites for hydroxylation is 1. The van der Waals surface area contributed by atoms with Crippen molar-refractivity contribution in [3.8, 4) is 0 Å². The normalized spacial score (nSPS) is 15.7. The highest BCUT2D eigenvalue weighted by molar-refractivity contribution is 7.07. The van der Waals surface area contributed by atoms with E-state index < -0.39 is 6.04 Å². The van der Waals surface area contributed by atoms with Crippen LogP contribution in [0.25, 0.3) is 0 Å². The summed E-state index contributed by atoms with van der Waals surface area (Å²) in [7, 11) is 0. The topological polar surface area (TPSA) is 74.3 Å². The monoisotopic (exact) mass is 392 g/mol. The molecule has 0 bridgehead atoms. The maximum Gasteiger partial charge on any atom is 0.247 e. The number of benzene rings is 2. The molecule has 0 saturated carbocycles. The summed E-state index contributed by atoms with van der Waals surface area (Å²) in [5.41, 5.74) is 6.12. The number of nitrogens with zero attached hydrogens (tertiary/aromatic N) is 2. The molecule has 2 heterocycles. The first-order valence-electron chi connectivity index (χ1n) is 9.00. The summed E-state index contributed by atoms with van der Waals surface area (Å²) in [5, 5.41) is 7.76. The van der Waals surface area contributed by atoms with Crippen LogP contribution in [0.15, 0.2) is 59.4 Å². The number of rotatable bonds is 5. The van der Waals surface area contributed by atoms with Gasteiger partial charge in [0.1, 0.15) is 6.04 Å². The minimum absolute atomic E-state index is 0.0538. The molecule has 1 atom stereocenters. The minimum Gasteiger partial charge on any atom is -0.351 e. The summed E-state index contributed by atoms with van der Waals surface area (Å²) in [6, 6.07) is 14.6. The zero-order valence-electron chi connectivity index (χ0n) is 15.4. The fraction of sp³-hybridized carbons (Fsp3) is 0.190. The quantitative estimate of drug-likeness (QED) is 0.692. The first kappa shape index (κ1) is 18.2. The molecular weight excluding hydrogens is 372 g/mol. The first-order valence-corrected chi connectivity index (χ1v) is 9.94. The van der Waals surface area contributed by atoms with Crippen molar-refractivity contribution in [1.82, 2.24) is 4.98 Å². The second-order valence-electron chi connectivity index (χ2n) is 6.75. The van der Waals surface area contributed by atoms with E-state index in [2.05, 4.69) is 15.6 Å². The average Bonchev–Trinajstić information content (AvgIpc) is 3.19. The largest absolute Gasteiger partial charge is 0.351 e. The minimum atomic E-state index is -0.609. The van der Waals surface area contributed by atoms with Crippen LogP contribution in [0.1, 0.15) is 17.7 Å². The molecule has 1 aliphatic heterocycles. The number of nitrogens with one attached hydrogen (secondary N) is 2. The predicted molar refractivity (Wildman–Crippen MR) is 112 cm³/mol. The second kappa shape index (κ2) is 7.82. The van der Waals surface area contributed by atoms with Gasteiger partial charge in [-0.1, -0.05) is 29.8 Å². The van der Waals surface area contributed by atoms with E-state index in [1.807, 2.05) is 65.7 Å². The Morgan fingerprint density at radius 2 is 2.00 bits per heavy atom. The van der Waals surface area contributed by atoms with Crippen molar-refractivity contribution in [3.63, 3.8) is 0 Å². The molecule has 0 radical (unpaired) electrons. The lowest BCUT2D eigenvalue weighted by Gasteiger charge is -2.37. The summed E-state index contributed by atoms with van der Waals surface area (Å²) in [6.45, 7) is 2.46. The number of carbonyl (C=O) groups is 2. The number of amides is 2. The van der Waals surface area contributed by atoms with Crippen LogP contribution in [0.2, 0.25) is 0 Å². The zero-order chi connectivity index (χ0) is 19.5. The van der Waals surface area contributed by atoms with Gasteiger partial charge in [0.05, 0.1) is 35.5 Å². The van der Waals surface area contributed by atoms with Gasteiger partial charge in [-0.2, -0.15) is 0 Å². The summed E-state index contributed by atoms with van der Waals surface area (Å²) in [4.78, 5) is 31.7. The van der Waals surface area contributed by atoms with Gasteiger partial charge in [-0.15, -0.1) is 11.3 Å². The smallest absolute Gasteiger partial charge is 0.247 e. The van der Waals surface area contributed by atoms with Crippen molar-refractivity contribution in [2.24, 2.45) is 0 Å². The molecule has 2 aromatic carbocycles. The van der Waals surface area contributed by atoms with Crippen LogP contribution in [0.5, 0.6) is 0 Å². The van der Waals surface area contributed by atoms with Gasteiger partial charge >= 0.3 is 0 Å². The third kappa shape index (κ3) is 3.89. The van der Waals surface area contributed by atoms with Crippen molar-refractivity contribution in [2.75, 3.05) is 15.5 Å². The molecule has 0 spiro atoms. The lowest BCUT2D eigenvalue weighted by atomic mass is 10.0. The lowest BCUT2D eigenvalue weighted by Crippen LogP contribution is -2.49. The van der Waals surface area contributed by atoms with Gasteiger partial charge in [0, 0.05) is 11.1 Å². The van der Waals surface area contributed by atoms with Crippen molar-refractivity contribution < 1.29 is 9.59 Å². The van der Waals surface area contributed by atoms with Crippen molar-refractivity contribution in [3.05, 3.63) is 70.7 Å². The molecule has 1 aliphatic rings. The molecule has 4 rings (SSSR count). The Labute approximate surface area is 167 Å². The van der Waals surface area contributed by atoms with Gasteiger partial charge in [0.25, 0.3) is 0 Å². The standard InChI is InChI=1S/C21H20N4O2S/c1-14-6-8-15(9-7-14)23-20(26)10-19-21(27)24-17-4-2-3-5-18(17)25(19)11-16-12-28-13-22-16/h2-9,12-13,19H,10-11H2,1H3,(H,23,26)(H,24,27)/t19-/m0/s1. The Bertz CT molecular complexity index is 986. The number of hydrogen-bond acceptors (Lipinski definition) is 5. The van der Waals surface area contributed by atoms with E-state index in [9.17, 15) is 9.59 Å². The molecule has 1 aromatic heterocycles. The molecule has 142 valence electrons. The molecular formula is C21H20N4O2S. The Kier molecular flexibility index (Phi) is 5.08. The fourth-order valence-electron chi connectivity index (χ4n) is 3.27. The van der Waals surface area contributed by atoms with Crippen LogP contribution in [0.4, 0.5) is 17.1 Å². The van der Waals surface area contributed by atoms with Gasteiger partial charge in [-0.25, -0.2) is 4.98 Å². The predicted octanol–water partition coefficient (Wildman–Crippen LogP) is 3.81. The van der Waals surface area contributed by atoms with Gasteiger partial charge in [-0.3, -0.25) is 9.59 Å². The Hall–Kier alpha value is -3.19. The molecule has 0 saturated heterocycles. The summed E-state index contributed by atoms with van der Waals surface area (Å²) in [6.07, 6.45) is 0.0538. The van der Waals surface area contributed by atoms with E-state index in [1.165, 1.54) is 11.3 Å². The third-order valence-electron chi connectivity index (χ3n) is 4.68. The highest BCUT2D eigenvalue weighted by atomic mass is 32.1. The van der Waals surface area contributed by atoms with Crippen LogP contribution < -0.4 is 15.5 Å². The average molecular weight is 392 g/mol. The molecule has 0 fully saturated rings. The fourth-order valence-corrected chi connectivity index (χ4v) is 3.82. The van der Waals surface area contributed by atoms with Gasteiger partial charge in [0.15, 0.2) is 0 Å². The highest BCUT2D eigenvalue weighted by Gasteiger charge is 2.34. The SMILES string of the molecule is Cc1ccc(NC(=O)C[C@H]2C(=O)Nc3ccccc3N2Cc2cscn2)cc1. The Balaban J connectivity index is 1.57. The molecule has 0 aliphatic carbocycles. The van der Waals surface area contributed by atoms with E-state index in [1.54, 1.807) is 5.51 Å². The second-order valence-corrected chi connectivity index (χ2v) is 7.47. The van der Waals surface area contributed by atoms with Crippen LogP contribution in [-0.2, 0) is 16.1 Å². The van der Waals surface area contributed by atoms with E-state index >= 15 is 0 Å². The lowest BCUT2D eigenvalue weighted by molar-refractivity contribution is -0.122. The number of thiazole rings is 1. The van der Waals surface area contributed by atoms with E-state index in [0.717, 1.165) is 28.3 Å². The Morgan fingerprint density at radius 1 is 1.21 bits per heavy atom. The van der Waals surface area contributed by atoms with Crippen molar-refractivity contribution in [2.45, 2.75) is 25.9 Å². The number of aromatic nitrogens is 1. The van der Waals surface area contributed by atoms with Crippen LogP contribution in [-0.4, -0.2) is 22.8 Å². The zero-order valence-corrected chi connectivity index (χ0v) is 16.2. The van der Waals surface area contributed by atoms with E-state index in [-0.39, 0.29) is 18.2 Å². The number of carbonyl (C=O) groups excluding carboxylic acids is 2. The number of para-hydroxylation sites is 2. The van der Waals surface area contributed by atoms with Crippen molar-refractivity contribution >= 4 is 40.2 Å². The first-order chi connectivity index (χ1) is 13.6. The number of hydrogen-bond donors (Lipinski definition) is 2. The van der Waals surface area contributed by atoms with E-state index in [0.29, 0.717) is 6.54 Å². The molecule has 3 aromatic rings. The molecule has 2 amide bonds. The molecule has 7 heteroatoms. The van der Waals surface area contributed by atoms with Crippen LogP contribution in [0.3, 0.4) is 0 Å². The third-order valence-corrected chi connectivity index (χ3v) is 5.32.